The number of benzene rings is 1. The summed E-state index contributed by atoms with van der Waals surface area (Å²) in [6.45, 7) is 3.76. The van der Waals surface area contributed by atoms with Gasteiger partial charge < -0.3 is 14.8 Å². The average molecular weight is 219 g/mol. The van der Waals surface area contributed by atoms with Crippen LogP contribution < -0.4 is 14.8 Å². The van der Waals surface area contributed by atoms with Crippen LogP contribution in [0.25, 0.3) is 0 Å². The number of nitrogens with one attached hydrogen (secondary N) is 1. The minimum Gasteiger partial charge on any atom is -0.490 e. The molecule has 3 rings (SSSR count). The third-order valence-electron chi connectivity index (χ3n) is 3.61. The Hall–Kier alpha value is -1.22. The van der Waals surface area contributed by atoms with Gasteiger partial charge in [-0.2, -0.15) is 0 Å². The van der Waals surface area contributed by atoms with E-state index in [4.69, 9.17) is 9.47 Å². The fourth-order valence-corrected chi connectivity index (χ4v) is 2.50. The van der Waals surface area contributed by atoms with Crippen molar-refractivity contribution in [2.75, 3.05) is 26.3 Å². The molecule has 1 saturated heterocycles. The molecule has 2 heterocycles. The first-order chi connectivity index (χ1) is 7.88. The molecule has 3 heteroatoms. The summed E-state index contributed by atoms with van der Waals surface area (Å²) in [6, 6.07) is 7.93. The van der Waals surface area contributed by atoms with Crippen molar-refractivity contribution < 1.29 is 9.47 Å². The standard InChI is InChI=1S/C13H17NO2/c1-2-4-12-11(3-1)15-8-6-13(10-16-12)5-7-14-9-13/h1-4,14H,5-10H2. The van der Waals surface area contributed by atoms with E-state index in [1.165, 1.54) is 6.42 Å². The second-order valence-electron chi connectivity index (χ2n) is 4.76. The van der Waals surface area contributed by atoms with Crippen LogP contribution in [0.1, 0.15) is 12.8 Å². The van der Waals surface area contributed by atoms with Gasteiger partial charge in [0.05, 0.1) is 13.2 Å². The Morgan fingerprint density at radius 3 is 2.62 bits per heavy atom. The fraction of sp³-hybridized carbons (Fsp3) is 0.538. The molecule has 1 N–H and O–H groups in total. The molecular weight excluding hydrogens is 202 g/mol. The van der Waals surface area contributed by atoms with E-state index < -0.39 is 0 Å². The Morgan fingerprint density at radius 1 is 1.06 bits per heavy atom. The molecule has 3 nitrogen and oxygen atoms in total. The molecule has 1 aromatic carbocycles. The van der Waals surface area contributed by atoms with E-state index in [9.17, 15) is 0 Å². The summed E-state index contributed by atoms with van der Waals surface area (Å²) >= 11 is 0. The summed E-state index contributed by atoms with van der Waals surface area (Å²) in [5.74, 6) is 1.76. The summed E-state index contributed by atoms with van der Waals surface area (Å²) in [5.41, 5.74) is 0.285. The fourth-order valence-electron chi connectivity index (χ4n) is 2.50. The van der Waals surface area contributed by atoms with Crippen molar-refractivity contribution >= 4 is 0 Å². The van der Waals surface area contributed by atoms with Crippen molar-refractivity contribution in [3.8, 4) is 11.5 Å². The molecule has 0 radical (unpaired) electrons. The van der Waals surface area contributed by atoms with E-state index in [1.807, 2.05) is 24.3 Å². The molecule has 1 atom stereocenters. The molecular formula is C13H17NO2. The van der Waals surface area contributed by atoms with Crippen molar-refractivity contribution in [1.29, 1.82) is 0 Å². The van der Waals surface area contributed by atoms with E-state index in [0.717, 1.165) is 44.2 Å². The minimum absolute atomic E-state index is 0.285. The number of ether oxygens (including phenoxy) is 2. The lowest BCUT2D eigenvalue weighted by atomic mass is 9.84. The SMILES string of the molecule is c1ccc2c(c1)OCCC1(CCNC1)CO2. The maximum atomic E-state index is 5.90. The summed E-state index contributed by atoms with van der Waals surface area (Å²) in [5, 5.41) is 3.42. The molecule has 0 bridgehead atoms. The van der Waals surface area contributed by atoms with Crippen LogP contribution in [0, 0.1) is 5.41 Å². The molecule has 1 spiro atoms. The Morgan fingerprint density at radius 2 is 1.88 bits per heavy atom. The highest BCUT2D eigenvalue weighted by molar-refractivity contribution is 5.39. The molecule has 16 heavy (non-hydrogen) atoms. The van der Waals surface area contributed by atoms with Crippen LogP contribution in [-0.2, 0) is 0 Å². The van der Waals surface area contributed by atoms with Gasteiger partial charge in [-0.3, -0.25) is 0 Å². The number of para-hydroxylation sites is 2. The van der Waals surface area contributed by atoms with Gasteiger partial charge in [0.2, 0.25) is 0 Å². The Bertz CT molecular complexity index is 372. The van der Waals surface area contributed by atoms with E-state index in [2.05, 4.69) is 5.32 Å². The third kappa shape index (κ3) is 1.76. The highest BCUT2D eigenvalue weighted by atomic mass is 16.5. The van der Waals surface area contributed by atoms with Gasteiger partial charge in [0, 0.05) is 12.0 Å². The number of hydrogen-bond donors (Lipinski definition) is 1. The first kappa shape index (κ1) is 9.97. The molecule has 2 aliphatic heterocycles. The monoisotopic (exact) mass is 219 g/mol. The van der Waals surface area contributed by atoms with Gasteiger partial charge in [-0.25, -0.2) is 0 Å². The number of rotatable bonds is 0. The van der Waals surface area contributed by atoms with Gasteiger partial charge in [-0.15, -0.1) is 0 Å². The van der Waals surface area contributed by atoms with Crippen LogP contribution in [0.4, 0.5) is 0 Å². The lowest BCUT2D eigenvalue weighted by Crippen LogP contribution is -2.34. The van der Waals surface area contributed by atoms with Crippen LogP contribution in [0.15, 0.2) is 24.3 Å². The maximum absolute atomic E-state index is 5.90. The Balaban J connectivity index is 1.82. The van der Waals surface area contributed by atoms with Gasteiger partial charge in [0.1, 0.15) is 0 Å². The second-order valence-corrected chi connectivity index (χ2v) is 4.76. The van der Waals surface area contributed by atoms with Crippen molar-refractivity contribution in [3.05, 3.63) is 24.3 Å². The number of fused-ring (bicyclic) bond motifs is 1. The zero-order valence-electron chi connectivity index (χ0n) is 9.37. The van der Waals surface area contributed by atoms with Crippen LogP contribution in [-0.4, -0.2) is 26.3 Å². The molecule has 0 aromatic heterocycles. The van der Waals surface area contributed by atoms with Crippen molar-refractivity contribution in [1.82, 2.24) is 5.32 Å². The average Bonchev–Trinajstić information content (AvgIpc) is 2.75. The molecule has 0 saturated carbocycles. The van der Waals surface area contributed by atoms with Gasteiger partial charge in [-0.05, 0) is 31.5 Å². The van der Waals surface area contributed by atoms with Crippen LogP contribution in [0.5, 0.6) is 11.5 Å². The summed E-state index contributed by atoms with van der Waals surface area (Å²) < 4.78 is 11.7. The van der Waals surface area contributed by atoms with Crippen molar-refractivity contribution in [3.63, 3.8) is 0 Å². The van der Waals surface area contributed by atoms with Gasteiger partial charge in [-0.1, -0.05) is 12.1 Å². The molecule has 1 fully saturated rings. The minimum atomic E-state index is 0.285. The smallest absolute Gasteiger partial charge is 0.161 e. The van der Waals surface area contributed by atoms with E-state index >= 15 is 0 Å². The first-order valence-electron chi connectivity index (χ1n) is 5.93. The quantitative estimate of drug-likeness (QED) is 0.722. The lowest BCUT2D eigenvalue weighted by Gasteiger charge is -2.30. The van der Waals surface area contributed by atoms with Gasteiger partial charge in [0.25, 0.3) is 0 Å². The van der Waals surface area contributed by atoms with Crippen molar-refractivity contribution in [2.45, 2.75) is 12.8 Å². The summed E-state index contributed by atoms with van der Waals surface area (Å²) in [6.07, 6.45) is 2.27. The Labute approximate surface area is 95.8 Å². The molecule has 86 valence electrons. The Kier molecular flexibility index (Phi) is 2.48. The van der Waals surface area contributed by atoms with Gasteiger partial charge >= 0.3 is 0 Å². The second kappa shape index (κ2) is 3.98. The molecule has 2 aliphatic rings. The maximum Gasteiger partial charge on any atom is 0.161 e. The molecule has 0 aliphatic carbocycles. The zero-order chi connectivity index (χ0) is 10.8. The highest BCUT2D eigenvalue weighted by Crippen LogP contribution is 2.36. The number of hydrogen-bond acceptors (Lipinski definition) is 3. The first-order valence-corrected chi connectivity index (χ1v) is 5.93. The molecule has 1 unspecified atom stereocenters. The van der Waals surface area contributed by atoms with E-state index in [-0.39, 0.29) is 5.41 Å². The zero-order valence-corrected chi connectivity index (χ0v) is 9.37. The predicted octanol–water partition coefficient (Wildman–Crippen LogP) is 1.83. The highest BCUT2D eigenvalue weighted by Gasteiger charge is 2.35. The molecule has 0 amide bonds. The molecule has 1 aromatic rings. The van der Waals surface area contributed by atoms with Crippen LogP contribution in [0.2, 0.25) is 0 Å². The van der Waals surface area contributed by atoms with Gasteiger partial charge in [0.15, 0.2) is 11.5 Å². The third-order valence-corrected chi connectivity index (χ3v) is 3.61. The summed E-state index contributed by atoms with van der Waals surface area (Å²) in [4.78, 5) is 0. The van der Waals surface area contributed by atoms with Crippen LogP contribution >= 0.6 is 0 Å². The van der Waals surface area contributed by atoms with Crippen LogP contribution in [0.3, 0.4) is 0 Å². The predicted molar refractivity (Wildman–Crippen MR) is 62.0 cm³/mol. The van der Waals surface area contributed by atoms with E-state index in [0.29, 0.717) is 0 Å². The van der Waals surface area contributed by atoms with Crippen molar-refractivity contribution in [2.24, 2.45) is 5.41 Å². The largest absolute Gasteiger partial charge is 0.490 e. The van der Waals surface area contributed by atoms with E-state index in [1.54, 1.807) is 0 Å². The lowest BCUT2D eigenvalue weighted by molar-refractivity contribution is 0.105. The normalized spacial score (nSPS) is 28.8. The summed E-state index contributed by atoms with van der Waals surface area (Å²) in [7, 11) is 0. The topological polar surface area (TPSA) is 30.5 Å².